The Morgan fingerprint density at radius 2 is 0.689 bits per heavy atom. The van der Waals surface area contributed by atoms with E-state index in [2.05, 4.69) is 87.7 Å². The van der Waals surface area contributed by atoms with Crippen LogP contribution in [0.25, 0.3) is 39.9 Å². The molecule has 0 saturated heterocycles. The lowest BCUT2D eigenvalue weighted by molar-refractivity contribution is -0.124. The van der Waals surface area contributed by atoms with E-state index in [1.54, 1.807) is 22.7 Å². The molecule has 74 heavy (non-hydrogen) atoms. The molecular weight excluding hydrogens is 1000 g/mol. The number of amides is 2. The number of fused-ring (bicyclic) bond motifs is 3. The summed E-state index contributed by atoms with van der Waals surface area (Å²) in [7, 11) is 0. The molecule has 2 unspecified atom stereocenters. The second-order valence-corrected chi connectivity index (χ2v) is 28.0. The van der Waals surface area contributed by atoms with Crippen molar-refractivity contribution in [3.05, 3.63) is 67.1 Å². The van der Waals surface area contributed by atoms with E-state index >= 15 is 9.59 Å². The monoisotopic (exact) mass is 1100 g/mol. The highest BCUT2D eigenvalue weighted by Gasteiger charge is 2.50. The summed E-state index contributed by atoms with van der Waals surface area (Å²) in [5.41, 5.74) is 3.18. The molecule has 0 bridgehead atoms. The van der Waals surface area contributed by atoms with Crippen molar-refractivity contribution in [2.24, 2.45) is 11.8 Å². The average molecular weight is 1100 g/mol. The van der Waals surface area contributed by atoms with Crippen LogP contribution in [0.2, 0.25) is 0 Å². The third-order valence-electron chi connectivity index (χ3n) is 15.9. The van der Waals surface area contributed by atoms with Crippen molar-refractivity contribution in [3.63, 3.8) is 0 Å². The van der Waals surface area contributed by atoms with Gasteiger partial charge in [-0.15, -0.1) is 56.7 Å². The van der Waals surface area contributed by atoms with Gasteiger partial charge in [0, 0.05) is 51.4 Å². The average Bonchev–Trinajstić information content (AvgIpc) is 4.26. The second kappa shape index (κ2) is 32.3. The van der Waals surface area contributed by atoms with E-state index in [9.17, 15) is 0 Å². The molecule has 3 N–H and O–H groups in total. The lowest BCUT2D eigenvalue weighted by Gasteiger charge is -2.29. The number of hydrogen-bond acceptors (Lipinski definition) is 8. The molecule has 5 nitrogen and oxygen atoms in total. The summed E-state index contributed by atoms with van der Waals surface area (Å²) in [6.45, 7) is 15.0. The number of nitrogens with zero attached hydrogens (tertiary/aromatic N) is 2. The molecule has 410 valence electrons. The molecule has 7 heterocycles. The smallest absolute Gasteiger partial charge is 0.261 e. The van der Waals surface area contributed by atoms with Gasteiger partial charge >= 0.3 is 0 Å². The topological polar surface area (TPSA) is 75.6 Å². The molecule has 0 spiro atoms. The zero-order valence-electron chi connectivity index (χ0n) is 47.1. The van der Waals surface area contributed by atoms with E-state index in [0.717, 1.165) is 46.8 Å². The van der Waals surface area contributed by atoms with Crippen molar-refractivity contribution < 1.29 is 9.59 Å². The zero-order valence-corrected chi connectivity index (χ0v) is 51.2. The van der Waals surface area contributed by atoms with Crippen LogP contribution in [0.3, 0.4) is 0 Å². The molecule has 2 aliphatic heterocycles. The van der Waals surface area contributed by atoms with Crippen molar-refractivity contribution in [1.29, 1.82) is 0 Å². The summed E-state index contributed by atoms with van der Waals surface area (Å²) >= 11 is 9.14. The maximum Gasteiger partial charge on any atom is 0.261 e. The van der Waals surface area contributed by atoms with Crippen LogP contribution in [-0.4, -0.2) is 34.7 Å². The molecule has 2 aliphatic rings. The van der Waals surface area contributed by atoms with Crippen molar-refractivity contribution in [3.8, 4) is 9.75 Å². The predicted octanol–water partition coefficient (Wildman–Crippen LogP) is 22.3. The van der Waals surface area contributed by atoms with Gasteiger partial charge < -0.3 is 16.0 Å². The van der Waals surface area contributed by atoms with Crippen LogP contribution >= 0.6 is 56.7 Å². The molecule has 2 atom stereocenters. The molecule has 10 heteroatoms. The summed E-state index contributed by atoms with van der Waals surface area (Å²) in [4.78, 5) is 43.6. The minimum absolute atomic E-state index is 0. The quantitative estimate of drug-likeness (QED) is 0.0398. The Morgan fingerprint density at radius 3 is 1.04 bits per heavy atom. The summed E-state index contributed by atoms with van der Waals surface area (Å²) in [5.74, 6) is 0.936. The van der Waals surface area contributed by atoms with Crippen molar-refractivity contribution in [2.45, 2.75) is 247 Å². The summed E-state index contributed by atoms with van der Waals surface area (Å²) in [6.07, 6.45) is 40.9. The van der Waals surface area contributed by atoms with Gasteiger partial charge in [0.1, 0.15) is 0 Å². The van der Waals surface area contributed by atoms with E-state index in [-0.39, 0.29) is 18.0 Å². The molecule has 5 aromatic rings. The van der Waals surface area contributed by atoms with Crippen LogP contribution in [0, 0.1) is 25.7 Å². The van der Waals surface area contributed by atoms with Gasteiger partial charge in [0.05, 0.1) is 32.3 Å². The first-order valence-corrected chi connectivity index (χ1v) is 34.1. The van der Waals surface area contributed by atoms with Gasteiger partial charge in [-0.25, -0.2) is 0 Å². The minimum atomic E-state index is 0. The Bertz CT molecular complexity index is 2450. The van der Waals surface area contributed by atoms with Crippen LogP contribution in [0.15, 0.2) is 47.5 Å². The van der Waals surface area contributed by atoms with E-state index in [1.807, 2.05) is 34.0 Å². The Hall–Kier alpha value is -2.60. The fourth-order valence-electron chi connectivity index (χ4n) is 11.7. The van der Waals surface area contributed by atoms with Gasteiger partial charge in [-0.3, -0.25) is 9.59 Å². The number of hydrogen-bond donors (Lipinski definition) is 1. The van der Waals surface area contributed by atoms with Crippen LogP contribution < -0.4 is 6.15 Å². The van der Waals surface area contributed by atoms with Crippen molar-refractivity contribution >= 4 is 98.7 Å². The number of thiophene rings is 5. The first kappa shape index (κ1) is 60.6. The molecule has 0 saturated carbocycles. The molecule has 7 rings (SSSR count). The minimum Gasteiger partial charge on any atom is -0.344 e. The fourth-order valence-corrected chi connectivity index (χ4v) is 17.5. The molecule has 0 radical (unpaired) electrons. The largest absolute Gasteiger partial charge is 0.344 e. The van der Waals surface area contributed by atoms with Crippen molar-refractivity contribution in [2.75, 3.05) is 13.1 Å². The van der Waals surface area contributed by atoms with E-state index < -0.39 is 0 Å². The molecule has 5 aromatic heterocycles. The summed E-state index contributed by atoms with van der Waals surface area (Å²) in [6, 6.07) is 13.8. The first-order valence-electron chi connectivity index (χ1n) is 30.0. The third-order valence-corrected chi connectivity index (χ3v) is 21.6. The molecule has 2 amide bonds. The maximum absolute atomic E-state index is 15.9. The number of unbranched alkanes of at least 4 members (excludes halogenated alkanes) is 24. The molecule has 0 aromatic carbocycles. The van der Waals surface area contributed by atoms with Crippen LogP contribution in [0.5, 0.6) is 0 Å². The fraction of sp³-hybridized carbons (Fsp3) is 0.656. The van der Waals surface area contributed by atoms with E-state index in [4.69, 9.17) is 0 Å². The van der Waals surface area contributed by atoms with Gasteiger partial charge in [-0.1, -0.05) is 207 Å². The van der Waals surface area contributed by atoms with Gasteiger partial charge in [-0.05, 0) is 87.8 Å². The molecular formula is C64H97N3O2S5. The number of carbonyl (C=O) groups excluding carboxylic acids is 2. The number of aryl methyl sites for hydroxylation is 2. The summed E-state index contributed by atoms with van der Waals surface area (Å²) < 4.78 is 5.03. The molecule has 0 fully saturated rings. The summed E-state index contributed by atoms with van der Waals surface area (Å²) in [5, 5.41) is 0. The Labute approximate surface area is 469 Å². The predicted molar refractivity (Wildman–Crippen MR) is 332 cm³/mol. The second-order valence-electron chi connectivity index (χ2n) is 22.2. The Kier molecular flexibility index (Phi) is 26.5. The SMILES string of the molecule is CCCCCCCCCCC(CCCCCCCC)CN1C(=O)C2=C(c3cc4sc(-c5ccc(C)s5)cc4s3)N(CC(CCCCCCCC)CCCCCCCCCC)C(=O)C2=C1c1cc2sc(C)cc2s1.N. The van der Waals surface area contributed by atoms with E-state index in [0.29, 0.717) is 36.1 Å². The Morgan fingerprint density at radius 1 is 0.365 bits per heavy atom. The highest BCUT2D eigenvalue weighted by Crippen LogP contribution is 2.52. The van der Waals surface area contributed by atoms with Crippen LogP contribution in [0.4, 0.5) is 0 Å². The van der Waals surface area contributed by atoms with Crippen LogP contribution in [-0.2, 0) is 9.59 Å². The first-order chi connectivity index (χ1) is 35.7. The highest BCUT2D eigenvalue weighted by molar-refractivity contribution is 7.31. The molecule has 0 aliphatic carbocycles. The lowest BCUT2D eigenvalue weighted by Crippen LogP contribution is -2.34. The normalized spacial score (nSPS) is 14.8. The van der Waals surface area contributed by atoms with E-state index in [1.165, 1.54) is 218 Å². The third kappa shape index (κ3) is 17.0. The lowest BCUT2D eigenvalue weighted by atomic mass is 9.93. The maximum atomic E-state index is 15.9. The van der Waals surface area contributed by atoms with Crippen molar-refractivity contribution in [1.82, 2.24) is 16.0 Å². The van der Waals surface area contributed by atoms with Gasteiger partial charge in [0.25, 0.3) is 11.8 Å². The number of carbonyl (C=O) groups is 2. The highest BCUT2D eigenvalue weighted by atomic mass is 32.1. The van der Waals surface area contributed by atoms with Gasteiger partial charge in [0.2, 0.25) is 0 Å². The zero-order chi connectivity index (χ0) is 51.4. The number of rotatable bonds is 39. The van der Waals surface area contributed by atoms with Gasteiger partial charge in [0.15, 0.2) is 0 Å². The van der Waals surface area contributed by atoms with Gasteiger partial charge in [-0.2, -0.15) is 0 Å². The van der Waals surface area contributed by atoms with Crippen LogP contribution in [0.1, 0.15) is 253 Å². The Balaban J connectivity index is 0.00000892. The standard InChI is InChI=1S/C64H94N2O2S5.H3N/c1-7-11-15-19-23-25-29-33-37-49(35-31-27-21-17-13-9-3)45-65-61(57-43-54-52(72-57)41-48(6)70-54)59-60(64(65)68)62(58-44-56-55(73-58)42-53(71-56)51-40-39-47(5)69-51)66(63(59)67)46-50(36-32-28-22-18-14-10-4)38-34-30-26-24-20-16-12-8-2;/h39-44,49-50H,7-38,45-46H2,1-6H3;1H3.